The van der Waals surface area contributed by atoms with Gasteiger partial charge in [0.1, 0.15) is 0 Å². The number of anilines is 1. The van der Waals surface area contributed by atoms with Crippen LogP contribution in [0.1, 0.15) is 29.8 Å². The van der Waals surface area contributed by atoms with E-state index in [2.05, 4.69) is 10.6 Å². The lowest BCUT2D eigenvalue weighted by Gasteiger charge is -2.23. The lowest BCUT2D eigenvalue weighted by molar-refractivity contribution is -0.137. The van der Waals surface area contributed by atoms with Crippen LogP contribution in [0.3, 0.4) is 0 Å². The summed E-state index contributed by atoms with van der Waals surface area (Å²) in [5.41, 5.74) is -2.90. The van der Waals surface area contributed by atoms with Crippen LogP contribution in [0.25, 0.3) is 0 Å². The molecule has 0 unspecified atom stereocenters. The topological polar surface area (TPSA) is 78.4 Å². The predicted molar refractivity (Wildman–Crippen MR) is 70.2 cm³/mol. The fraction of sp³-hybridized carbons (Fsp3) is 0.385. The Bertz CT molecular complexity index is 568. The van der Waals surface area contributed by atoms with Gasteiger partial charge in [-0.25, -0.2) is 4.79 Å². The van der Waals surface area contributed by atoms with E-state index in [1.165, 1.54) is 7.05 Å². The maximum Gasteiger partial charge on any atom is 0.416 e. The number of halogens is 3. The molecule has 1 aromatic carbocycles. The van der Waals surface area contributed by atoms with E-state index in [4.69, 9.17) is 5.11 Å². The van der Waals surface area contributed by atoms with Crippen molar-refractivity contribution in [3.63, 3.8) is 0 Å². The molecule has 21 heavy (non-hydrogen) atoms. The molecule has 0 aliphatic carbocycles. The molecule has 116 valence electrons. The smallest absolute Gasteiger partial charge is 0.416 e. The third kappa shape index (κ3) is 3.94. The Morgan fingerprint density at radius 2 is 1.76 bits per heavy atom. The second-order valence-electron chi connectivity index (χ2n) is 4.89. The molecule has 0 aromatic heterocycles. The quantitative estimate of drug-likeness (QED) is 0.798. The normalized spacial score (nSPS) is 12.1. The van der Waals surface area contributed by atoms with Gasteiger partial charge < -0.3 is 15.7 Å². The molecule has 8 heteroatoms. The van der Waals surface area contributed by atoms with Gasteiger partial charge in [-0.15, -0.1) is 0 Å². The van der Waals surface area contributed by atoms with Crippen molar-refractivity contribution in [1.29, 1.82) is 0 Å². The predicted octanol–water partition coefficient (Wildman–Crippen LogP) is 2.34. The number of hydrogen-bond donors (Lipinski definition) is 3. The van der Waals surface area contributed by atoms with Crippen molar-refractivity contribution in [2.75, 3.05) is 12.4 Å². The third-order valence-electron chi connectivity index (χ3n) is 3.02. The van der Waals surface area contributed by atoms with E-state index in [0.29, 0.717) is 12.1 Å². The van der Waals surface area contributed by atoms with Gasteiger partial charge in [-0.2, -0.15) is 13.2 Å². The number of rotatable bonds is 4. The first-order valence-electron chi connectivity index (χ1n) is 5.94. The molecule has 0 aliphatic heterocycles. The van der Waals surface area contributed by atoms with E-state index >= 15 is 0 Å². The lowest BCUT2D eigenvalue weighted by Crippen LogP contribution is -2.48. The monoisotopic (exact) mass is 304 g/mol. The van der Waals surface area contributed by atoms with Crippen LogP contribution in [-0.2, 0) is 11.0 Å². The van der Waals surface area contributed by atoms with Gasteiger partial charge in [0.15, 0.2) is 0 Å². The van der Waals surface area contributed by atoms with Crippen molar-refractivity contribution >= 4 is 17.6 Å². The number of carboxylic acids is 1. The molecule has 1 aromatic rings. The summed E-state index contributed by atoms with van der Waals surface area (Å²) in [5.74, 6) is -2.12. The first kappa shape index (κ1) is 17.0. The largest absolute Gasteiger partial charge is 0.478 e. The van der Waals surface area contributed by atoms with Crippen molar-refractivity contribution in [3.8, 4) is 0 Å². The molecule has 0 saturated carbocycles. The number of alkyl halides is 3. The van der Waals surface area contributed by atoms with Gasteiger partial charge in [0.2, 0.25) is 5.91 Å². The van der Waals surface area contributed by atoms with Crippen LogP contribution in [0.2, 0.25) is 0 Å². The van der Waals surface area contributed by atoms with Gasteiger partial charge in [-0.1, -0.05) is 0 Å². The summed E-state index contributed by atoms with van der Waals surface area (Å²) in [6.07, 6.45) is -4.66. The Morgan fingerprint density at radius 1 is 1.19 bits per heavy atom. The van der Waals surface area contributed by atoms with Crippen LogP contribution in [0.5, 0.6) is 0 Å². The van der Waals surface area contributed by atoms with Crippen LogP contribution in [0, 0.1) is 0 Å². The van der Waals surface area contributed by atoms with Crippen LogP contribution >= 0.6 is 0 Å². The summed E-state index contributed by atoms with van der Waals surface area (Å²) >= 11 is 0. The van der Waals surface area contributed by atoms with Crippen molar-refractivity contribution < 1.29 is 27.9 Å². The average Bonchev–Trinajstić information content (AvgIpc) is 2.37. The van der Waals surface area contributed by atoms with Crippen molar-refractivity contribution in [3.05, 3.63) is 29.3 Å². The van der Waals surface area contributed by atoms with E-state index in [0.717, 1.165) is 6.07 Å². The molecule has 0 aliphatic rings. The minimum absolute atomic E-state index is 0.191. The van der Waals surface area contributed by atoms with E-state index in [9.17, 15) is 22.8 Å². The Labute approximate surface area is 119 Å². The molecule has 0 bridgehead atoms. The first-order chi connectivity index (χ1) is 9.49. The summed E-state index contributed by atoms with van der Waals surface area (Å²) in [5, 5.41) is 14.0. The number of amides is 1. The molecule has 0 radical (unpaired) electrons. The Hall–Kier alpha value is -2.09. The minimum atomic E-state index is -4.66. The lowest BCUT2D eigenvalue weighted by atomic mass is 10.0. The zero-order chi connectivity index (χ0) is 16.4. The fourth-order valence-corrected chi connectivity index (χ4v) is 1.40. The summed E-state index contributed by atoms with van der Waals surface area (Å²) in [7, 11) is 1.53. The van der Waals surface area contributed by atoms with Gasteiger partial charge in [-0.05, 0) is 39.1 Å². The van der Waals surface area contributed by atoms with Gasteiger partial charge in [0.25, 0.3) is 0 Å². The maximum absolute atomic E-state index is 12.6. The molecule has 0 heterocycles. The highest BCUT2D eigenvalue weighted by Crippen LogP contribution is 2.32. The van der Waals surface area contributed by atoms with Gasteiger partial charge in [-0.3, -0.25) is 4.79 Å². The molecular formula is C13H15F3N2O3. The molecule has 5 nitrogen and oxygen atoms in total. The number of carbonyl (C=O) groups excluding carboxylic acids is 1. The van der Waals surface area contributed by atoms with E-state index in [-0.39, 0.29) is 5.69 Å². The second kappa shape index (κ2) is 5.72. The van der Waals surface area contributed by atoms with E-state index in [1.807, 2.05) is 0 Å². The highest BCUT2D eigenvalue weighted by Gasteiger charge is 2.32. The standard InChI is InChI=1S/C13H15F3N2O3/c1-12(2,17-3)11(21)18-9-5-4-7(13(14,15)16)6-8(9)10(19)20/h4-6,17H,1-3H3,(H,18,21)(H,19,20). The van der Waals surface area contributed by atoms with E-state index in [1.54, 1.807) is 13.8 Å². The number of nitrogens with one attached hydrogen (secondary N) is 2. The van der Waals surface area contributed by atoms with Gasteiger partial charge in [0.05, 0.1) is 22.4 Å². The maximum atomic E-state index is 12.6. The number of hydrogen-bond acceptors (Lipinski definition) is 3. The van der Waals surface area contributed by atoms with E-state index < -0.39 is 34.7 Å². The summed E-state index contributed by atoms with van der Waals surface area (Å²) in [6, 6.07) is 2.13. The molecule has 0 fully saturated rings. The number of likely N-dealkylation sites (N-methyl/N-ethyl adjacent to an activating group) is 1. The van der Waals surface area contributed by atoms with Gasteiger partial charge >= 0.3 is 12.1 Å². The zero-order valence-corrected chi connectivity index (χ0v) is 11.6. The van der Waals surface area contributed by atoms with Crippen molar-refractivity contribution in [2.45, 2.75) is 25.6 Å². The minimum Gasteiger partial charge on any atom is -0.478 e. The highest BCUT2D eigenvalue weighted by atomic mass is 19.4. The molecule has 3 N–H and O–H groups in total. The SMILES string of the molecule is CNC(C)(C)C(=O)Nc1ccc(C(F)(F)F)cc1C(=O)O. The van der Waals surface area contributed by atoms with Crippen molar-refractivity contribution in [2.24, 2.45) is 0 Å². The Morgan fingerprint density at radius 3 is 2.19 bits per heavy atom. The number of carbonyl (C=O) groups is 2. The Balaban J connectivity index is 3.20. The number of aromatic carboxylic acids is 1. The molecule has 0 saturated heterocycles. The Kier molecular flexibility index (Phi) is 4.62. The molecule has 1 rings (SSSR count). The van der Waals surface area contributed by atoms with Crippen LogP contribution < -0.4 is 10.6 Å². The number of carboxylic acid groups (broad SMARTS) is 1. The summed E-state index contributed by atoms with van der Waals surface area (Å²) in [6.45, 7) is 3.10. The zero-order valence-electron chi connectivity index (χ0n) is 11.6. The van der Waals surface area contributed by atoms with Crippen molar-refractivity contribution in [1.82, 2.24) is 5.32 Å². The van der Waals surface area contributed by atoms with Crippen LogP contribution in [0.15, 0.2) is 18.2 Å². The van der Waals surface area contributed by atoms with Crippen LogP contribution in [0.4, 0.5) is 18.9 Å². The third-order valence-corrected chi connectivity index (χ3v) is 3.02. The first-order valence-corrected chi connectivity index (χ1v) is 5.94. The molecule has 0 atom stereocenters. The second-order valence-corrected chi connectivity index (χ2v) is 4.89. The molecular weight excluding hydrogens is 289 g/mol. The van der Waals surface area contributed by atoms with Crippen LogP contribution in [-0.4, -0.2) is 29.6 Å². The average molecular weight is 304 g/mol. The summed E-state index contributed by atoms with van der Waals surface area (Å²) in [4.78, 5) is 23.0. The van der Waals surface area contributed by atoms with Gasteiger partial charge in [0, 0.05) is 0 Å². The summed E-state index contributed by atoms with van der Waals surface area (Å²) < 4.78 is 37.7. The highest BCUT2D eigenvalue weighted by molar-refractivity contribution is 6.03. The fourth-order valence-electron chi connectivity index (χ4n) is 1.40. The molecule has 1 amide bonds. The molecule has 0 spiro atoms. The number of benzene rings is 1.